The Hall–Kier alpha value is -2.19. The van der Waals surface area contributed by atoms with Gasteiger partial charge in [0.05, 0.1) is 11.1 Å². The van der Waals surface area contributed by atoms with Crippen molar-refractivity contribution < 1.29 is 33.3 Å². The average molecular weight is 443 g/mol. The zero-order chi connectivity index (χ0) is 21.2. The highest BCUT2D eigenvalue weighted by Crippen LogP contribution is 2.36. The summed E-state index contributed by atoms with van der Waals surface area (Å²) in [5.74, 6) is -1.53. The molecule has 154 valence electrons. The number of benzene rings is 2. The smallest absolute Gasteiger partial charge is 0.338 e. The summed E-state index contributed by atoms with van der Waals surface area (Å²) in [4.78, 5) is 24.5. The fraction of sp³-hybridized carbons (Fsp3) is 0.300. The molecule has 0 bridgehead atoms. The maximum Gasteiger partial charge on any atom is 0.338 e. The number of halogens is 3. The van der Waals surface area contributed by atoms with Gasteiger partial charge in [-0.15, -0.1) is 0 Å². The molecule has 1 saturated heterocycles. The van der Waals surface area contributed by atoms with Crippen molar-refractivity contribution in [3.63, 3.8) is 0 Å². The van der Waals surface area contributed by atoms with Gasteiger partial charge in [-0.3, -0.25) is 0 Å². The minimum absolute atomic E-state index is 0.142. The Kier molecular flexibility index (Phi) is 6.43. The second kappa shape index (κ2) is 8.67. The maximum atomic E-state index is 14.9. The van der Waals surface area contributed by atoms with Crippen molar-refractivity contribution >= 4 is 35.1 Å². The number of alkyl halides is 1. The van der Waals surface area contributed by atoms with Gasteiger partial charge in [0.2, 0.25) is 0 Å². The Morgan fingerprint density at radius 3 is 2.03 bits per heavy atom. The van der Waals surface area contributed by atoms with Gasteiger partial charge in [0.15, 0.2) is 18.1 Å². The van der Waals surface area contributed by atoms with Gasteiger partial charge in [-0.25, -0.2) is 14.0 Å². The molecule has 1 fully saturated rings. The predicted molar refractivity (Wildman–Crippen MR) is 103 cm³/mol. The first kappa shape index (κ1) is 21.5. The Bertz CT molecular complexity index is 885. The minimum atomic E-state index is -2.40. The highest BCUT2D eigenvalue weighted by molar-refractivity contribution is 6.30. The SMILES string of the molecule is C[C@]1(F)[C@H](O)O[C@H](COC(=O)c2ccc(Cl)cc2)[C@@H]1OC(=O)c1ccc(Cl)cc1. The molecule has 2 aromatic carbocycles. The molecule has 0 saturated carbocycles. The van der Waals surface area contributed by atoms with Crippen LogP contribution in [-0.4, -0.2) is 47.8 Å². The van der Waals surface area contributed by atoms with E-state index >= 15 is 0 Å². The number of rotatable bonds is 5. The first-order valence-corrected chi connectivity index (χ1v) is 9.36. The molecule has 0 spiro atoms. The zero-order valence-corrected chi connectivity index (χ0v) is 16.7. The quantitative estimate of drug-likeness (QED) is 0.708. The largest absolute Gasteiger partial charge is 0.459 e. The summed E-state index contributed by atoms with van der Waals surface area (Å²) >= 11 is 11.6. The van der Waals surface area contributed by atoms with Crippen molar-refractivity contribution in [2.75, 3.05) is 6.61 Å². The fourth-order valence-electron chi connectivity index (χ4n) is 2.79. The van der Waals surface area contributed by atoms with Crippen LogP contribution in [0.15, 0.2) is 48.5 Å². The number of carbonyl (C=O) groups is 2. The lowest BCUT2D eigenvalue weighted by Gasteiger charge is -2.25. The van der Waals surface area contributed by atoms with Gasteiger partial charge in [-0.2, -0.15) is 0 Å². The van der Waals surface area contributed by atoms with Gasteiger partial charge in [0, 0.05) is 10.0 Å². The molecule has 0 amide bonds. The van der Waals surface area contributed by atoms with Crippen LogP contribution >= 0.6 is 23.2 Å². The lowest BCUT2D eigenvalue weighted by atomic mass is 9.99. The van der Waals surface area contributed by atoms with Crippen molar-refractivity contribution in [3.8, 4) is 0 Å². The zero-order valence-electron chi connectivity index (χ0n) is 15.2. The number of carbonyl (C=O) groups excluding carboxylic acids is 2. The van der Waals surface area contributed by atoms with Crippen LogP contribution in [0.1, 0.15) is 27.6 Å². The van der Waals surface area contributed by atoms with Crippen LogP contribution < -0.4 is 0 Å². The van der Waals surface area contributed by atoms with E-state index in [1.54, 1.807) is 0 Å². The van der Waals surface area contributed by atoms with Gasteiger partial charge in [0.1, 0.15) is 12.7 Å². The highest BCUT2D eigenvalue weighted by atomic mass is 35.5. The van der Waals surface area contributed by atoms with Gasteiger partial charge < -0.3 is 19.3 Å². The minimum Gasteiger partial charge on any atom is -0.459 e. The Balaban J connectivity index is 1.69. The molecule has 0 radical (unpaired) electrons. The van der Waals surface area contributed by atoms with Gasteiger partial charge in [-0.1, -0.05) is 23.2 Å². The van der Waals surface area contributed by atoms with Crippen LogP contribution in [0.5, 0.6) is 0 Å². The molecule has 4 atom stereocenters. The molecule has 1 heterocycles. The van der Waals surface area contributed by atoms with E-state index in [0.29, 0.717) is 10.0 Å². The van der Waals surface area contributed by atoms with E-state index in [0.717, 1.165) is 6.92 Å². The first-order valence-electron chi connectivity index (χ1n) is 8.60. The van der Waals surface area contributed by atoms with Crippen LogP contribution in [0.2, 0.25) is 10.0 Å². The Morgan fingerprint density at radius 2 is 1.52 bits per heavy atom. The van der Waals surface area contributed by atoms with E-state index in [9.17, 15) is 19.1 Å². The summed E-state index contributed by atoms with van der Waals surface area (Å²) < 4.78 is 30.4. The molecule has 3 rings (SSSR count). The molecule has 0 aromatic heterocycles. The summed E-state index contributed by atoms with van der Waals surface area (Å²) in [7, 11) is 0. The van der Waals surface area contributed by atoms with Crippen molar-refractivity contribution in [2.45, 2.75) is 31.1 Å². The predicted octanol–water partition coefficient (Wildman–Crippen LogP) is 3.82. The molecule has 29 heavy (non-hydrogen) atoms. The molecule has 1 aliphatic heterocycles. The molecule has 1 aliphatic rings. The van der Waals surface area contributed by atoms with Crippen molar-refractivity contribution in [1.29, 1.82) is 0 Å². The molecule has 9 heteroatoms. The molecule has 0 unspecified atom stereocenters. The van der Waals surface area contributed by atoms with Crippen LogP contribution in [0.25, 0.3) is 0 Å². The van der Waals surface area contributed by atoms with Crippen LogP contribution in [0.3, 0.4) is 0 Å². The third kappa shape index (κ3) is 4.87. The molecule has 2 aromatic rings. The number of hydrogen-bond donors (Lipinski definition) is 1. The van der Waals surface area contributed by atoms with E-state index in [2.05, 4.69) is 0 Å². The summed E-state index contributed by atoms with van der Waals surface area (Å²) in [6, 6.07) is 11.8. The summed E-state index contributed by atoms with van der Waals surface area (Å²) in [6.45, 7) is 0.606. The monoisotopic (exact) mass is 442 g/mol. The van der Waals surface area contributed by atoms with E-state index < -0.39 is 42.7 Å². The van der Waals surface area contributed by atoms with Gasteiger partial charge in [-0.05, 0) is 55.5 Å². The van der Waals surface area contributed by atoms with Gasteiger partial charge >= 0.3 is 11.9 Å². The van der Waals surface area contributed by atoms with Crippen molar-refractivity contribution in [1.82, 2.24) is 0 Å². The maximum absolute atomic E-state index is 14.9. The van der Waals surface area contributed by atoms with E-state index in [-0.39, 0.29) is 11.1 Å². The fourth-order valence-corrected chi connectivity index (χ4v) is 3.04. The van der Waals surface area contributed by atoms with E-state index in [1.165, 1.54) is 48.5 Å². The third-order valence-electron chi connectivity index (χ3n) is 4.45. The van der Waals surface area contributed by atoms with E-state index in [1.807, 2.05) is 0 Å². The lowest BCUT2D eigenvalue weighted by molar-refractivity contribution is -0.144. The molecule has 0 aliphatic carbocycles. The number of aliphatic hydroxyl groups is 1. The standard InChI is InChI=1S/C20H17Cl2FO6/c1-20(23)16(29-18(25)12-4-8-14(22)9-5-12)15(28-19(20)26)10-27-17(24)11-2-6-13(21)7-3-11/h2-9,15-16,19,26H,10H2,1H3/t15-,16+,19-,20-/m1/s1. The molecular weight excluding hydrogens is 426 g/mol. The number of ether oxygens (including phenoxy) is 3. The number of hydrogen-bond acceptors (Lipinski definition) is 6. The highest BCUT2D eigenvalue weighted by Gasteiger charge is 2.57. The normalized spacial score (nSPS) is 26.2. The van der Waals surface area contributed by atoms with Crippen molar-refractivity contribution in [2.24, 2.45) is 0 Å². The summed E-state index contributed by atoms with van der Waals surface area (Å²) in [6.07, 6.45) is -4.56. The summed E-state index contributed by atoms with van der Waals surface area (Å²) in [5, 5.41) is 10.7. The first-order chi connectivity index (χ1) is 13.7. The Labute approximate surface area is 176 Å². The third-order valence-corrected chi connectivity index (χ3v) is 4.96. The lowest BCUT2D eigenvalue weighted by Crippen LogP contribution is -2.45. The number of esters is 2. The van der Waals surface area contributed by atoms with Crippen molar-refractivity contribution in [3.05, 3.63) is 69.7 Å². The van der Waals surface area contributed by atoms with Crippen LogP contribution in [-0.2, 0) is 14.2 Å². The Morgan fingerprint density at radius 1 is 1.03 bits per heavy atom. The second-order valence-corrected chi connectivity index (χ2v) is 7.49. The second-order valence-electron chi connectivity index (χ2n) is 6.62. The molecule has 1 N–H and O–H groups in total. The average Bonchev–Trinajstić information content (AvgIpc) is 2.90. The number of aliphatic hydroxyl groups excluding tert-OH is 1. The summed E-state index contributed by atoms with van der Waals surface area (Å²) in [5.41, 5.74) is -2.03. The topological polar surface area (TPSA) is 82.1 Å². The molecular formula is C20H17Cl2FO6. The molecule has 6 nitrogen and oxygen atoms in total. The van der Waals surface area contributed by atoms with Crippen LogP contribution in [0.4, 0.5) is 4.39 Å². The van der Waals surface area contributed by atoms with E-state index in [4.69, 9.17) is 37.4 Å². The van der Waals surface area contributed by atoms with Crippen LogP contribution in [0, 0.1) is 0 Å². The van der Waals surface area contributed by atoms with Gasteiger partial charge in [0.25, 0.3) is 0 Å².